The Morgan fingerprint density at radius 1 is 1.56 bits per heavy atom. The molecule has 1 aromatic rings. The summed E-state index contributed by atoms with van der Waals surface area (Å²) in [6.07, 6.45) is -3.00. The number of anilines is 1. The largest absolute Gasteiger partial charge is 0.394 e. The Labute approximate surface area is 102 Å². The molecule has 1 aromatic heterocycles. The molecule has 0 spiro atoms. The van der Waals surface area contributed by atoms with Crippen molar-refractivity contribution < 1.29 is 24.9 Å². The fraction of sp³-hybridized carbons (Fsp3) is 0.667. The molecule has 1 aliphatic heterocycles. The molecular weight excluding hydrogens is 244 g/mol. The van der Waals surface area contributed by atoms with Crippen LogP contribution in [0.3, 0.4) is 0 Å². The van der Waals surface area contributed by atoms with Crippen LogP contribution in [0.15, 0.2) is 6.33 Å². The van der Waals surface area contributed by atoms with Gasteiger partial charge in [0, 0.05) is 6.92 Å². The summed E-state index contributed by atoms with van der Waals surface area (Å²) in [4.78, 5) is 14.6. The van der Waals surface area contributed by atoms with E-state index in [9.17, 15) is 15.0 Å². The minimum absolute atomic E-state index is 0.0697. The predicted molar refractivity (Wildman–Crippen MR) is 57.3 cm³/mol. The maximum atomic E-state index is 10.8. The number of hydrogen-bond acceptors (Lipinski definition) is 7. The average molecular weight is 258 g/mol. The van der Waals surface area contributed by atoms with Gasteiger partial charge < -0.3 is 20.1 Å². The van der Waals surface area contributed by atoms with Crippen LogP contribution >= 0.6 is 0 Å². The van der Waals surface area contributed by atoms with Crippen LogP contribution in [0.1, 0.15) is 13.2 Å². The summed E-state index contributed by atoms with van der Waals surface area (Å²) in [5.41, 5.74) is 0. The maximum Gasteiger partial charge on any atom is 0.248 e. The van der Waals surface area contributed by atoms with Gasteiger partial charge in [-0.3, -0.25) is 10.1 Å². The number of rotatable bonds is 3. The minimum atomic E-state index is -1.23. The van der Waals surface area contributed by atoms with Gasteiger partial charge in [-0.05, 0) is 0 Å². The second-order valence-electron chi connectivity index (χ2n) is 3.96. The van der Waals surface area contributed by atoms with E-state index in [1.807, 2.05) is 0 Å². The summed E-state index contributed by atoms with van der Waals surface area (Å²) in [7, 11) is 0. The highest BCUT2D eigenvalue weighted by Gasteiger charge is 2.43. The van der Waals surface area contributed by atoms with Crippen molar-refractivity contribution in [3.05, 3.63) is 6.33 Å². The third kappa shape index (κ3) is 2.34. The molecule has 1 fully saturated rings. The quantitative estimate of drug-likeness (QED) is 0.486. The van der Waals surface area contributed by atoms with Crippen LogP contribution in [0, 0.1) is 0 Å². The van der Waals surface area contributed by atoms with Gasteiger partial charge in [-0.25, -0.2) is 9.67 Å². The topological polar surface area (TPSA) is 130 Å². The molecule has 100 valence electrons. The van der Waals surface area contributed by atoms with E-state index in [2.05, 4.69) is 15.4 Å². The molecule has 0 unspecified atom stereocenters. The van der Waals surface area contributed by atoms with Crippen LogP contribution in [0.4, 0.5) is 5.95 Å². The number of aliphatic hydroxyl groups is 3. The Morgan fingerprint density at radius 2 is 2.28 bits per heavy atom. The average Bonchev–Trinajstić information content (AvgIpc) is 2.86. The molecule has 2 rings (SSSR count). The first-order chi connectivity index (χ1) is 8.52. The van der Waals surface area contributed by atoms with E-state index < -0.39 is 31.1 Å². The van der Waals surface area contributed by atoms with Gasteiger partial charge in [-0.1, -0.05) is 0 Å². The lowest BCUT2D eigenvalue weighted by molar-refractivity contribution is -0.114. The Kier molecular flexibility index (Phi) is 3.57. The Balaban J connectivity index is 2.12. The highest BCUT2D eigenvalue weighted by molar-refractivity contribution is 5.86. The first kappa shape index (κ1) is 12.9. The van der Waals surface area contributed by atoms with E-state index >= 15 is 0 Å². The fourth-order valence-corrected chi connectivity index (χ4v) is 1.71. The molecule has 0 saturated carbocycles. The van der Waals surface area contributed by atoms with Crippen molar-refractivity contribution in [3.8, 4) is 0 Å². The van der Waals surface area contributed by atoms with Crippen LogP contribution < -0.4 is 5.32 Å². The molecule has 1 amide bonds. The number of ether oxygens (including phenoxy) is 1. The number of carbonyl (C=O) groups is 1. The smallest absolute Gasteiger partial charge is 0.248 e. The Bertz CT molecular complexity index is 436. The van der Waals surface area contributed by atoms with Gasteiger partial charge in [-0.2, -0.15) is 0 Å². The van der Waals surface area contributed by atoms with Crippen molar-refractivity contribution in [1.29, 1.82) is 0 Å². The first-order valence-electron chi connectivity index (χ1n) is 5.34. The third-order valence-corrected chi connectivity index (χ3v) is 2.57. The van der Waals surface area contributed by atoms with Gasteiger partial charge in [0.05, 0.1) is 6.61 Å². The normalized spacial score (nSPS) is 31.6. The fourth-order valence-electron chi connectivity index (χ4n) is 1.71. The van der Waals surface area contributed by atoms with Crippen LogP contribution in [-0.2, 0) is 9.53 Å². The van der Waals surface area contributed by atoms with Crippen LogP contribution in [0.5, 0.6) is 0 Å². The van der Waals surface area contributed by atoms with Crippen LogP contribution in [0.25, 0.3) is 0 Å². The van der Waals surface area contributed by atoms with Gasteiger partial charge >= 0.3 is 0 Å². The van der Waals surface area contributed by atoms with E-state index in [1.54, 1.807) is 0 Å². The molecule has 0 radical (unpaired) electrons. The second kappa shape index (κ2) is 4.98. The van der Waals surface area contributed by atoms with Crippen LogP contribution in [-0.4, -0.2) is 60.9 Å². The summed E-state index contributed by atoms with van der Waals surface area (Å²) in [6, 6.07) is 0. The second-order valence-corrected chi connectivity index (χ2v) is 3.96. The molecule has 1 saturated heterocycles. The summed E-state index contributed by atoms with van der Waals surface area (Å²) in [5, 5.41) is 34.5. The minimum Gasteiger partial charge on any atom is -0.394 e. The third-order valence-electron chi connectivity index (χ3n) is 2.57. The lowest BCUT2D eigenvalue weighted by Crippen LogP contribution is -2.33. The molecule has 0 aliphatic carbocycles. The van der Waals surface area contributed by atoms with Gasteiger partial charge in [0.15, 0.2) is 6.23 Å². The number of aromatic nitrogens is 3. The maximum absolute atomic E-state index is 10.8. The number of nitrogens with one attached hydrogen (secondary N) is 1. The van der Waals surface area contributed by atoms with E-state index in [-0.39, 0.29) is 11.9 Å². The number of carbonyl (C=O) groups excluding carboxylic acids is 1. The number of aliphatic hydroxyl groups excluding tert-OH is 3. The lowest BCUT2D eigenvalue weighted by atomic mass is 10.1. The Hall–Kier alpha value is -1.55. The van der Waals surface area contributed by atoms with Gasteiger partial charge in [0.2, 0.25) is 11.9 Å². The lowest BCUT2D eigenvalue weighted by Gasteiger charge is -2.13. The number of amides is 1. The van der Waals surface area contributed by atoms with Crippen LogP contribution in [0.2, 0.25) is 0 Å². The van der Waals surface area contributed by atoms with Crippen molar-refractivity contribution in [1.82, 2.24) is 14.8 Å². The van der Waals surface area contributed by atoms with Gasteiger partial charge in [0.1, 0.15) is 24.6 Å². The van der Waals surface area contributed by atoms with E-state index in [4.69, 9.17) is 9.84 Å². The van der Waals surface area contributed by atoms with E-state index in [0.29, 0.717) is 0 Å². The highest BCUT2D eigenvalue weighted by atomic mass is 16.6. The summed E-state index contributed by atoms with van der Waals surface area (Å²) in [5.74, 6) is -0.255. The Morgan fingerprint density at radius 3 is 2.83 bits per heavy atom. The molecule has 1 aliphatic rings. The monoisotopic (exact) mass is 258 g/mol. The zero-order valence-electron chi connectivity index (χ0n) is 9.59. The number of hydrogen-bond donors (Lipinski definition) is 4. The summed E-state index contributed by atoms with van der Waals surface area (Å²) < 4.78 is 6.41. The molecule has 2 heterocycles. The molecule has 9 nitrogen and oxygen atoms in total. The molecule has 18 heavy (non-hydrogen) atoms. The standard InChI is InChI=1S/C9H14N4O5/c1-4(15)11-9-10-3-13(12-9)8-7(17)6(16)5(2-14)18-8/h3,5-8,14,16-17H,2H2,1H3,(H,11,12,15)/t5-,6-,7-,8-/m1/s1. The summed E-state index contributed by atoms with van der Waals surface area (Å²) in [6.45, 7) is 0.898. The molecule has 9 heteroatoms. The summed E-state index contributed by atoms with van der Waals surface area (Å²) >= 11 is 0. The molecule has 4 atom stereocenters. The van der Waals surface area contributed by atoms with Crippen molar-refractivity contribution in [2.45, 2.75) is 31.5 Å². The highest BCUT2D eigenvalue weighted by Crippen LogP contribution is 2.28. The van der Waals surface area contributed by atoms with E-state index in [1.165, 1.54) is 17.9 Å². The van der Waals surface area contributed by atoms with Crippen molar-refractivity contribution in [2.24, 2.45) is 0 Å². The predicted octanol–water partition coefficient (Wildman–Crippen LogP) is -2.15. The van der Waals surface area contributed by atoms with Gasteiger partial charge in [-0.15, -0.1) is 5.10 Å². The zero-order chi connectivity index (χ0) is 13.3. The first-order valence-corrected chi connectivity index (χ1v) is 5.34. The number of nitrogens with zero attached hydrogens (tertiary/aromatic N) is 3. The van der Waals surface area contributed by atoms with Crippen molar-refractivity contribution in [2.75, 3.05) is 11.9 Å². The van der Waals surface area contributed by atoms with Gasteiger partial charge in [0.25, 0.3) is 0 Å². The molecule has 0 bridgehead atoms. The van der Waals surface area contributed by atoms with Crippen molar-refractivity contribution >= 4 is 11.9 Å². The van der Waals surface area contributed by atoms with E-state index in [0.717, 1.165) is 0 Å². The molecule has 4 N–H and O–H groups in total. The zero-order valence-corrected chi connectivity index (χ0v) is 9.59. The van der Waals surface area contributed by atoms with Crippen molar-refractivity contribution in [3.63, 3.8) is 0 Å². The SMILES string of the molecule is CC(=O)Nc1ncn([C@@H]2O[C@H](CO)[C@@H](O)[C@H]2O)n1. The molecule has 0 aromatic carbocycles. The molecular formula is C9H14N4O5.